The largest absolute Gasteiger partial charge is 0.350 e. The van der Waals surface area contributed by atoms with Crippen molar-refractivity contribution in [2.75, 3.05) is 11.9 Å². The molecule has 3 aromatic rings. The van der Waals surface area contributed by atoms with Gasteiger partial charge < -0.3 is 5.32 Å². The van der Waals surface area contributed by atoms with Crippen molar-refractivity contribution in [2.45, 2.75) is 25.2 Å². The molecule has 1 N–H and O–H groups in total. The van der Waals surface area contributed by atoms with Crippen LogP contribution in [0.2, 0.25) is 5.02 Å². The zero-order valence-corrected chi connectivity index (χ0v) is 19.5. The van der Waals surface area contributed by atoms with Gasteiger partial charge in [-0.1, -0.05) is 65.8 Å². The third-order valence-electron chi connectivity index (χ3n) is 5.49. The van der Waals surface area contributed by atoms with Crippen molar-refractivity contribution < 1.29 is 9.59 Å². The number of thioether (sulfide) groups is 1. The molecule has 0 bridgehead atoms. The summed E-state index contributed by atoms with van der Waals surface area (Å²) >= 11 is 7.29. The molecule has 32 heavy (non-hydrogen) atoms. The Hall–Kier alpha value is -3.02. The minimum atomic E-state index is -0.302. The number of benzene rings is 3. The van der Waals surface area contributed by atoms with E-state index in [9.17, 15) is 9.59 Å². The molecule has 2 amide bonds. The number of halogens is 1. The Balaban J connectivity index is 1.64. The smallest absolute Gasteiger partial charge is 0.278 e. The maximum absolute atomic E-state index is 13.3. The molecule has 0 fully saturated rings. The lowest BCUT2D eigenvalue weighted by molar-refractivity contribution is -0.137. The van der Waals surface area contributed by atoms with Crippen LogP contribution in [0.3, 0.4) is 0 Å². The second-order valence-electron chi connectivity index (χ2n) is 7.63. The summed E-state index contributed by atoms with van der Waals surface area (Å²) in [6, 6.07) is 23.0. The molecule has 162 valence electrons. The normalized spacial score (nSPS) is 13.8. The second-order valence-corrected chi connectivity index (χ2v) is 9.15. The molecule has 1 aliphatic heterocycles. The van der Waals surface area contributed by atoms with Crippen molar-refractivity contribution in [1.82, 2.24) is 4.90 Å². The molecule has 3 aromatic carbocycles. The topological polar surface area (TPSA) is 49.4 Å². The fourth-order valence-corrected chi connectivity index (χ4v) is 4.56. The van der Waals surface area contributed by atoms with Crippen LogP contribution in [0.25, 0.3) is 0 Å². The molecule has 1 heterocycles. The lowest BCUT2D eigenvalue weighted by atomic mass is 10.1. The molecule has 0 spiro atoms. The number of imide groups is 1. The quantitative estimate of drug-likeness (QED) is 0.438. The summed E-state index contributed by atoms with van der Waals surface area (Å²) in [5.41, 5.74) is 4.37. The Labute approximate surface area is 197 Å². The van der Waals surface area contributed by atoms with Gasteiger partial charge in [-0.3, -0.25) is 14.5 Å². The number of nitrogens with one attached hydrogen (secondary N) is 1. The number of nitrogens with zero attached hydrogens (tertiary/aromatic N) is 1. The molecule has 0 saturated heterocycles. The first-order valence-electron chi connectivity index (χ1n) is 10.3. The number of carbonyl (C=O) groups excluding carboxylic acids is 2. The van der Waals surface area contributed by atoms with Gasteiger partial charge in [0.1, 0.15) is 10.6 Å². The van der Waals surface area contributed by atoms with Gasteiger partial charge in [-0.05, 0) is 67.3 Å². The molecule has 4 nitrogen and oxygen atoms in total. The van der Waals surface area contributed by atoms with Gasteiger partial charge in [0.25, 0.3) is 11.8 Å². The first-order chi connectivity index (χ1) is 15.4. The summed E-state index contributed by atoms with van der Waals surface area (Å²) in [5.74, 6) is -0.581. The van der Waals surface area contributed by atoms with Crippen LogP contribution in [0, 0.1) is 13.8 Å². The van der Waals surface area contributed by atoms with E-state index in [1.165, 1.54) is 16.7 Å². The molecule has 0 unspecified atom stereocenters. The van der Waals surface area contributed by atoms with E-state index in [1.54, 1.807) is 12.1 Å². The fourth-order valence-electron chi connectivity index (χ4n) is 3.49. The van der Waals surface area contributed by atoms with Crippen LogP contribution in [-0.2, 0) is 16.0 Å². The maximum Gasteiger partial charge on any atom is 0.278 e. The lowest BCUT2D eigenvalue weighted by Crippen LogP contribution is -2.34. The average molecular weight is 463 g/mol. The Kier molecular flexibility index (Phi) is 6.68. The molecule has 0 atom stereocenters. The van der Waals surface area contributed by atoms with Gasteiger partial charge in [-0.25, -0.2) is 0 Å². The average Bonchev–Trinajstić information content (AvgIpc) is 3.01. The predicted octanol–water partition coefficient (Wildman–Crippen LogP) is 5.98. The molecule has 6 heteroatoms. The third kappa shape index (κ3) is 4.74. The monoisotopic (exact) mass is 462 g/mol. The summed E-state index contributed by atoms with van der Waals surface area (Å²) in [5, 5.41) is 3.88. The van der Waals surface area contributed by atoms with E-state index in [0.717, 1.165) is 27.3 Å². The predicted molar refractivity (Wildman–Crippen MR) is 131 cm³/mol. The van der Waals surface area contributed by atoms with Gasteiger partial charge in [0.2, 0.25) is 0 Å². The lowest BCUT2D eigenvalue weighted by Gasteiger charge is -2.16. The number of rotatable bonds is 7. The molecular weight excluding hydrogens is 440 g/mol. The van der Waals surface area contributed by atoms with E-state index < -0.39 is 0 Å². The van der Waals surface area contributed by atoms with Gasteiger partial charge >= 0.3 is 0 Å². The molecule has 1 aliphatic rings. The molecule has 0 radical (unpaired) electrons. The molecule has 0 saturated carbocycles. The maximum atomic E-state index is 13.3. The highest BCUT2D eigenvalue weighted by molar-refractivity contribution is 8.04. The molecule has 4 rings (SSSR count). The van der Waals surface area contributed by atoms with E-state index in [4.69, 9.17) is 11.6 Å². The second kappa shape index (κ2) is 9.63. The van der Waals surface area contributed by atoms with Gasteiger partial charge in [0.15, 0.2) is 0 Å². The van der Waals surface area contributed by atoms with Crippen LogP contribution < -0.4 is 5.32 Å². The summed E-state index contributed by atoms with van der Waals surface area (Å²) in [6.45, 7) is 4.34. The summed E-state index contributed by atoms with van der Waals surface area (Å²) in [4.78, 5) is 29.2. The van der Waals surface area contributed by atoms with Crippen molar-refractivity contribution in [3.63, 3.8) is 0 Å². The van der Waals surface area contributed by atoms with E-state index >= 15 is 0 Å². The van der Waals surface area contributed by atoms with Crippen LogP contribution in [0.15, 0.2) is 88.3 Å². The van der Waals surface area contributed by atoms with Gasteiger partial charge in [0.05, 0.1) is 0 Å². The van der Waals surface area contributed by atoms with Crippen molar-refractivity contribution in [1.29, 1.82) is 0 Å². The number of carbonyl (C=O) groups is 2. The third-order valence-corrected chi connectivity index (χ3v) is 6.83. The first kappa shape index (κ1) is 22.2. The number of hydrogen-bond acceptors (Lipinski definition) is 4. The number of aryl methyl sites for hydroxylation is 1. The zero-order chi connectivity index (χ0) is 22.7. The van der Waals surface area contributed by atoms with Crippen LogP contribution in [0.1, 0.15) is 16.7 Å². The summed E-state index contributed by atoms with van der Waals surface area (Å²) < 4.78 is 0. The Morgan fingerprint density at radius 1 is 0.875 bits per heavy atom. The van der Waals surface area contributed by atoms with Crippen molar-refractivity contribution >= 4 is 40.9 Å². The number of anilines is 1. The van der Waals surface area contributed by atoms with E-state index in [-0.39, 0.29) is 11.8 Å². The van der Waals surface area contributed by atoms with Gasteiger partial charge in [-0.15, -0.1) is 0 Å². The van der Waals surface area contributed by atoms with Crippen molar-refractivity contribution in [2.24, 2.45) is 0 Å². The highest BCUT2D eigenvalue weighted by Gasteiger charge is 2.39. The van der Waals surface area contributed by atoms with E-state index in [1.807, 2.05) is 74.5 Å². The Morgan fingerprint density at radius 2 is 1.59 bits per heavy atom. The van der Waals surface area contributed by atoms with E-state index in [0.29, 0.717) is 28.6 Å². The minimum absolute atomic E-state index is 0.279. The minimum Gasteiger partial charge on any atom is -0.350 e. The van der Waals surface area contributed by atoms with E-state index in [2.05, 4.69) is 5.32 Å². The molecular formula is C26H23ClN2O2S. The van der Waals surface area contributed by atoms with Crippen molar-refractivity contribution in [3.8, 4) is 0 Å². The van der Waals surface area contributed by atoms with Crippen LogP contribution in [-0.4, -0.2) is 23.3 Å². The van der Waals surface area contributed by atoms with Gasteiger partial charge in [-0.2, -0.15) is 0 Å². The fraction of sp³-hybridized carbons (Fsp3) is 0.154. The summed E-state index contributed by atoms with van der Waals surface area (Å²) in [6.07, 6.45) is 0.605. The Bertz CT molecular complexity index is 1190. The van der Waals surface area contributed by atoms with Crippen LogP contribution in [0.5, 0.6) is 0 Å². The van der Waals surface area contributed by atoms with Crippen molar-refractivity contribution in [3.05, 3.63) is 105 Å². The standard InChI is InChI=1S/C26H23ClN2O2S/c1-17-7-6-10-22(18(17)2)28-23-24(32-21-13-11-20(27)12-14-21)26(31)29(25(23)30)16-15-19-8-4-3-5-9-19/h3-14,28H,15-16H2,1-2H3. The van der Waals surface area contributed by atoms with Crippen LogP contribution >= 0.6 is 23.4 Å². The highest BCUT2D eigenvalue weighted by atomic mass is 35.5. The number of amides is 2. The SMILES string of the molecule is Cc1cccc(NC2=C(Sc3ccc(Cl)cc3)C(=O)N(CCc3ccccc3)C2=O)c1C. The zero-order valence-electron chi connectivity index (χ0n) is 17.9. The highest BCUT2D eigenvalue weighted by Crippen LogP contribution is 2.37. The molecule has 0 aromatic heterocycles. The first-order valence-corrected chi connectivity index (χ1v) is 11.5. The van der Waals surface area contributed by atoms with Gasteiger partial charge in [0, 0.05) is 22.2 Å². The Morgan fingerprint density at radius 3 is 2.31 bits per heavy atom. The number of hydrogen-bond donors (Lipinski definition) is 1. The molecule has 0 aliphatic carbocycles. The summed E-state index contributed by atoms with van der Waals surface area (Å²) in [7, 11) is 0. The van der Waals surface area contributed by atoms with Crippen LogP contribution in [0.4, 0.5) is 5.69 Å².